The summed E-state index contributed by atoms with van der Waals surface area (Å²) in [4.78, 5) is 24.3. The lowest BCUT2D eigenvalue weighted by molar-refractivity contribution is -0.124. The number of ether oxygens (including phenoxy) is 2. The Morgan fingerprint density at radius 3 is 2.78 bits per heavy atom. The number of amides is 1. The lowest BCUT2D eigenvalue weighted by atomic mass is 9.88. The van der Waals surface area contributed by atoms with E-state index in [0.29, 0.717) is 22.4 Å². The van der Waals surface area contributed by atoms with Crippen LogP contribution in [-0.2, 0) is 14.3 Å². The number of rotatable bonds is 6. The van der Waals surface area contributed by atoms with E-state index in [4.69, 9.17) is 9.47 Å². The molecule has 1 saturated carbocycles. The number of esters is 1. The molecule has 1 aliphatic carbocycles. The van der Waals surface area contributed by atoms with Gasteiger partial charge in [-0.1, -0.05) is 19.8 Å². The summed E-state index contributed by atoms with van der Waals surface area (Å²) in [5.74, 6) is -0.0156. The molecule has 1 aromatic heterocycles. The summed E-state index contributed by atoms with van der Waals surface area (Å²) in [6.45, 7) is 6.17. The number of anilines is 1. The van der Waals surface area contributed by atoms with Gasteiger partial charge in [-0.3, -0.25) is 4.79 Å². The molecule has 5 nitrogen and oxygen atoms in total. The summed E-state index contributed by atoms with van der Waals surface area (Å²) in [6, 6.07) is 1.79. The van der Waals surface area contributed by atoms with Crippen LogP contribution in [-0.4, -0.2) is 31.2 Å². The number of aryl methyl sites for hydroxylation is 1. The van der Waals surface area contributed by atoms with E-state index < -0.39 is 0 Å². The van der Waals surface area contributed by atoms with E-state index in [-0.39, 0.29) is 24.6 Å². The highest BCUT2D eigenvalue weighted by molar-refractivity contribution is 7.18. The number of nitrogens with one attached hydrogen (secondary N) is 1. The van der Waals surface area contributed by atoms with Crippen LogP contribution in [0.2, 0.25) is 0 Å². The second-order valence-corrected chi connectivity index (χ2v) is 7.05. The fraction of sp³-hybridized carbons (Fsp3) is 0.647. The Kier molecular flexibility index (Phi) is 6.59. The number of thiophene rings is 1. The molecule has 128 valence electrons. The minimum Gasteiger partial charge on any atom is -0.462 e. The molecule has 0 aliphatic heterocycles. The van der Waals surface area contributed by atoms with Crippen LogP contribution in [0.15, 0.2) is 6.07 Å². The van der Waals surface area contributed by atoms with Crippen LogP contribution >= 0.6 is 11.3 Å². The van der Waals surface area contributed by atoms with Crippen LogP contribution in [0.4, 0.5) is 5.00 Å². The predicted molar refractivity (Wildman–Crippen MR) is 91.0 cm³/mol. The molecule has 1 fully saturated rings. The van der Waals surface area contributed by atoms with E-state index >= 15 is 0 Å². The van der Waals surface area contributed by atoms with Crippen LogP contribution < -0.4 is 5.32 Å². The average molecular weight is 339 g/mol. The molecular formula is C17H25NO4S. The second-order valence-electron chi connectivity index (χ2n) is 6.00. The molecule has 1 aromatic rings. The summed E-state index contributed by atoms with van der Waals surface area (Å²) >= 11 is 1.24. The zero-order chi connectivity index (χ0) is 16.8. The smallest absolute Gasteiger partial charge is 0.348 e. The molecule has 6 heteroatoms. The summed E-state index contributed by atoms with van der Waals surface area (Å²) in [7, 11) is 0. The summed E-state index contributed by atoms with van der Waals surface area (Å²) in [5, 5.41) is 3.45. The Bertz CT molecular complexity index is 555. The highest BCUT2D eigenvalue weighted by Crippen LogP contribution is 2.28. The van der Waals surface area contributed by atoms with Crippen LogP contribution in [0.5, 0.6) is 0 Å². The van der Waals surface area contributed by atoms with Crippen molar-refractivity contribution in [2.24, 2.45) is 5.92 Å². The normalized spacial score (nSPS) is 21.0. The van der Waals surface area contributed by atoms with Crippen LogP contribution in [0, 0.1) is 12.8 Å². The van der Waals surface area contributed by atoms with Gasteiger partial charge in [-0.15, -0.1) is 11.3 Å². The van der Waals surface area contributed by atoms with E-state index in [9.17, 15) is 9.59 Å². The minimum absolute atomic E-state index is 0.0562. The van der Waals surface area contributed by atoms with Gasteiger partial charge in [0, 0.05) is 0 Å². The first-order valence-corrected chi connectivity index (χ1v) is 9.02. The van der Waals surface area contributed by atoms with Gasteiger partial charge >= 0.3 is 5.97 Å². The largest absolute Gasteiger partial charge is 0.462 e. The van der Waals surface area contributed by atoms with E-state index in [1.165, 1.54) is 30.6 Å². The van der Waals surface area contributed by atoms with Gasteiger partial charge in [0.2, 0.25) is 0 Å². The first kappa shape index (κ1) is 17.9. The summed E-state index contributed by atoms with van der Waals surface area (Å²) < 4.78 is 10.8. The molecular weight excluding hydrogens is 314 g/mol. The van der Waals surface area contributed by atoms with Crippen molar-refractivity contribution in [2.75, 3.05) is 18.5 Å². The highest BCUT2D eigenvalue weighted by Gasteiger charge is 2.23. The van der Waals surface area contributed by atoms with Crippen molar-refractivity contribution in [1.29, 1.82) is 0 Å². The monoisotopic (exact) mass is 339 g/mol. The number of hydrogen-bond acceptors (Lipinski definition) is 5. The van der Waals surface area contributed by atoms with E-state index in [0.717, 1.165) is 12.0 Å². The third-order valence-corrected chi connectivity index (χ3v) is 5.24. The Hall–Kier alpha value is -1.40. The van der Waals surface area contributed by atoms with Crippen molar-refractivity contribution < 1.29 is 19.1 Å². The van der Waals surface area contributed by atoms with E-state index in [1.54, 1.807) is 13.0 Å². The maximum Gasteiger partial charge on any atom is 0.348 e. The quantitative estimate of drug-likeness (QED) is 0.801. The fourth-order valence-corrected chi connectivity index (χ4v) is 3.81. The molecule has 0 spiro atoms. The van der Waals surface area contributed by atoms with Crippen molar-refractivity contribution >= 4 is 28.2 Å². The highest BCUT2D eigenvalue weighted by atomic mass is 32.1. The van der Waals surface area contributed by atoms with Crippen molar-refractivity contribution in [3.8, 4) is 0 Å². The van der Waals surface area contributed by atoms with Gasteiger partial charge in [0.05, 0.1) is 17.7 Å². The average Bonchev–Trinajstić information content (AvgIpc) is 2.87. The molecule has 0 radical (unpaired) electrons. The van der Waals surface area contributed by atoms with Crippen molar-refractivity contribution in [2.45, 2.75) is 52.6 Å². The lowest BCUT2D eigenvalue weighted by Crippen LogP contribution is -2.29. The van der Waals surface area contributed by atoms with Gasteiger partial charge in [-0.05, 0) is 44.2 Å². The van der Waals surface area contributed by atoms with Gasteiger partial charge in [0.1, 0.15) is 11.5 Å². The van der Waals surface area contributed by atoms with Crippen LogP contribution in [0.1, 0.15) is 54.8 Å². The predicted octanol–water partition coefficient (Wildman–Crippen LogP) is 3.77. The first-order chi connectivity index (χ1) is 11.0. The van der Waals surface area contributed by atoms with Crippen molar-refractivity contribution in [3.05, 3.63) is 16.5 Å². The van der Waals surface area contributed by atoms with Gasteiger partial charge in [-0.25, -0.2) is 4.79 Å². The molecule has 1 aliphatic rings. The topological polar surface area (TPSA) is 64.6 Å². The maximum absolute atomic E-state index is 12.0. The number of carbonyl (C=O) groups is 2. The Morgan fingerprint density at radius 2 is 2.09 bits per heavy atom. The summed E-state index contributed by atoms with van der Waals surface area (Å²) in [6.07, 6.45) is 4.79. The molecule has 0 saturated heterocycles. The molecule has 2 unspecified atom stereocenters. The third kappa shape index (κ3) is 5.04. The minimum atomic E-state index is -0.345. The fourth-order valence-electron chi connectivity index (χ4n) is 2.83. The molecule has 1 amide bonds. The van der Waals surface area contributed by atoms with Crippen LogP contribution in [0.3, 0.4) is 0 Å². The van der Waals surface area contributed by atoms with Gasteiger partial charge in [-0.2, -0.15) is 0 Å². The standard InChI is InChI=1S/C17H25NO4S/c1-4-21-17(20)16-12(3)9-15(23-16)18-14(19)10-22-13-8-6-5-7-11(13)2/h9,11,13H,4-8,10H2,1-3H3,(H,18,19). The van der Waals surface area contributed by atoms with Gasteiger partial charge in [0.25, 0.3) is 5.91 Å². The maximum atomic E-state index is 12.0. The molecule has 1 N–H and O–H groups in total. The Morgan fingerprint density at radius 1 is 1.35 bits per heavy atom. The zero-order valence-electron chi connectivity index (χ0n) is 14.0. The molecule has 23 heavy (non-hydrogen) atoms. The SMILES string of the molecule is CCOC(=O)c1sc(NC(=O)COC2CCCCC2C)cc1C. The molecule has 2 rings (SSSR count). The zero-order valence-corrected chi connectivity index (χ0v) is 14.8. The van der Waals surface area contributed by atoms with Crippen molar-refractivity contribution in [3.63, 3.8) is 0 Å². The van der Waals surface area contributed by atoms with Crippen LogP contribution in [0.25, 0.3) is 0 Å². The molecule has 0 aromatic carbocycles. The van der Waals surface area contributed by atoms with Gasteiger partial charge in [0.15, 0.2) is 0 Å². The van der Waals surface area contributed by atoms with Gasteiger partial charge < -0.3 is 14.8 Å². The molecule has 2 atom stereocenters. The third-order valence-electron chi connectivity index (χ3n) is 4.10. The Labute approximate surface area is 141 Å². The Balaban J connectivity index is 1.85. The van der Waals surface area contributed by atoms with E-state index in [2.05, 4.69) is 12.2 Å². The van der Waals surface area contributed by atoms with Crippen molar-refractivity contribution in [1.82, 2.24) is 0 Å². The van der Waals surface area contributed by atoms with E-state index in [1.807, 2.05) is 6.92 Å². The molecule has 0 bridgehead atoms. The summed E-state index contributed by atoms with van der Waals surface area (Å²) in [5.41, 5.74) is 0.811. The number of carbonyl (C=O) groups excluding carboxylic acids is 2. The lowest BCUT2D eigenvalue weighted by Gasteiger charge is -2.28. The second kappa shape index (κ2) is 8.45. The molecule has 1 heterocycles. The first-order valence-electron chi connectivity index (χ1n) is 8.20. The number of hydrogen-bond donors (Lipinski definition) is 1.